The highest BCUT2D eigenvalue weighted by Gasteiger charge is 2.42. The number of ether oxygens (including phenoxy) is 2. The molecule has 2 rings (SSSR count). The van der Waals surface area contributed by atoms with Gasteiger partial charge in [0.25, 0.3) is 0 Å². The number of benzene rings is 1. The van der Waals surface area contributed by atoms with Gasteiger partial charge in [0, 0.05) is 32.8 Å². The minimum atomic E-state index is -5.12. The summed E-state index contributed by atoms with van der Waals surface area (Å²) in [6.45, 7) is 9.28. The number of allylic oxidation sites excluding steroid dienone is 1. The second-order valence-corrected chi connectivity index (χ2v) is 8.34. The SMILES string of the molecule is CN=C/C(=C(/OC(C)OC(=O)C(F)(F)F)c1cc(C)nn1C)c1ccc(C(C)(C)C)cc1. The largest absolute Gasteiger partial charge is 0.491 e. The molecule has 0 saturated heterocycles. The lowest BCUT2D eigenvalue weighted by molar-refractivity contribution is -0.216. The molecule has 6 nitrogen and oxygen atoms in total. The summed E-state index contributed by atoms with van der Waals surface area (Å²) in [4.78, 5) is 15.4. The maximum absolute atomic E-state index is 12.6. The van der Waals surface area contributed by atoms with Crippen LogP contribution in [0, 0.1) is 6.92 Å². The predicted molar refractivity (Wildman–Crippen MR) is 117 cm³/mol. The van der Waals surface area contributed by atoms with Gasteiger partial charge < -0.3 is 9.47 Å². The van der Waals surface area contributed by atoms with Crippen LogP contribution in [0.15, 0.2) is 35.3 Å². The molecule has 1 heterocycles. The van der Waals surface area contributed by atoms with Gasteiger partial charge in [-0.3, -0.25) is 9.67 Å². The summed E-state index contributed by atoms with van der Waals surface area (Å²) in [5.41, 5.74) is 3.46. The van der Waals surface area contributed by atoms with Gasteiger partial charge in [-0.25, -0.2) is 4.79 Å². The second-order valence-electron chi connectivity index (χ2n) is 8.34. The molecule has 0 aliphatic carbocycles. The first kappa shape index (κ1) is 25.2. The Balaban J connectivity index is 2.60. The zero-order valence-corrected chi connectivity index (χ0v) is 19.2. The first-order valence-corrected chi connectivity index (χ1v) is 9.97. The fraction of sp³-hybridized carbons (Fsp3) is 0.435. The van der Waals surface area contributed by atoms with Gasteiger partial charge in [-0.15, -0.1) is 0 Å². The third-order valence-corrected chi connectivity index (χ3v) is 4.59. The number of halogens is 3. The Kier molecular flexibility index (Phi) is 7.54. The average molecular weight is 451 g/mol. The van der Waals surface area contributed by atoms with E-state index in [1.807, 2.05) is 24.3 Å². The maximum Gasteiger partial charge on any atom is 0.491 e. The number of aromatic nitrogens is 2. The Morgan fingerprint density at radius 1 is 1.16 bits per heavy atom. The van der Waals surface area contributed by atoms with E-state index in [-0.39, 0.29) is 11.2 Å². The standard InChI is InChI=1S/C23H28F3N3O3/c1-14-12-19(29(7)28-14)20(31-15(2)32-21(30)23(24,25)26)18(13-27-6)16-8-10-17(11-9-16)22(3,4)5/h8-13,15H,1-7H3/b20-18-,27-13?. The lowest BCUT2D eigenvalue weighted by Gasteiger charge is -2.22. The van der Waals surface area contributed by atoms with Gasteiger partial charge in [-0.2, -0.15) is 18.3 Å². The molecule has 0 radical (unpaired) electrons. The minimum absolute atomic E-state index is 0.0555. The third kappa shape index (κ3) is 6.21. The molecule has 1 aromatic heterocycles. The Morgan fingerprint density at radius 2 is 1.75 bits per heavy atom. The number of alkyl halides is 3. The van der Waals surface area contributed by atoms with E-state index in [0.717, 1.165) is 11.1 Å². The number of aryl methyl sites for hydroxylation is 2. The van der Waals surface area contributed by atoms with E-state index < -0.39 is 18.4 Å². The van der Waals surface area contributed by atoms with Crippen molar-refractivity contribution in [3.8, 4) is 0 Å². The van der Waals surface area contributed by atoms with E-state index in [2.05, 4.69) is 35.6 Å². The quantitative estimate of drug-likeness (QED) is 0.266. The van der Waals surface area contributed by atoms with Crippen LogP contribution in [-0.4, -0.2) is 41.5 Å². The molecule has 0 bridgehead atoms. The molecule has 2 aromatic rings. The van der Waals surface area contributed by atoms with E-state index in [0.29, 0.717) is 17.0 Å². The summed E-state index contributed by atoms with van der Waals surface area (Å²) in [5.74, 6) is -2.14. The molecular weight excluding hydrogens is 423 g/mol. The van der Waals surface area contributed by atoms with Gasteiger partial charge in [0.2, 0.25) is 6.29 Å². The Bertz CT molecular complexity index is 1010. The highest BCUT2D eigenvalue weighted by atomic mass is 19.4. The normalized spacial score (nSPS) is 14.3. The second kappa shape index (κ2) is 9.58. The lowest BCUT2D eigenvalue weighted by Crippen LogP contribution is -2.30. The number of rotatable bonds is 6. The molecule has 0 fully saturated rings. The predicted octanol–water partition coefficient (Wildman–Crippen LogP) is 5.06. The van der Waals surface area contributed by atoms with Crippen LogP contribution in [0.2, 0.25) is 0 Å². The smallest absolute Gasteiger partial charge is 0.452 e. The van der Waals surface area contributed by atoms with E-state index in [9.17, 15) is 18.0 Å². The molecule has 9 heteroatoms. The molecule has 32 heavy (non-hydrogen) atoms. The van der Waals surface area contributed by atoms with E-state index >= 15 is 0 Å². The molecular formula is C23H28F3N3O3. The van der Waals surface area contributed by atoms with Crippen molar-refractivity contribution in [2.75, 3.05) is 7.05 Å². The van der Waals surface area contributed by atoms with Crippen LogP contribution < -0.4 is 0 Å². The zero-order chi connectivity index (χ0) is 24.3. The van der Waals surface area contributed by atoms with Crippen LogP contribution in [0.1, 0.15) is 50.2 Å². The molecule has 1 unspecified atom stereocenters. The number of carbonyl (C=O) groups is 1. The van der Waals surface area contributed by atoms with Crippen molar-refractivity contribution in [2.45, 2.75) is 52.5 Å². The third-order valence-electron chi connectivity index (χ3n) is 4.59. The fourth-order valence-electron chi connectivity index (χ4n) is 3.04. The number of hydrogen-bond acceptors (Lipinski definition) is 5. The van der Waals surface area contributed by atoms with Crippen molar-refractivity contribution in [1.82, 2.24) is 9.78 Å². The maximum atomic E-state index is 12.6. The van der Waals surface area contributed by atoms with Crippen LogP contribution in [-0.2, 0) is 26.7 Å². The summed E-state index contributed by atoms with van der Waals surface area (Å²) < 4.78 is 49.6. The molecule has 0 N–H and O–H groups in total. The lowest BCUT2D eigenvalue weighted by atomic mass is 9.86. The molecule has 1 aromatic carbocycles. The first-order chi connectivity index (χ1) is 14.7. The van der Waals surface area contributed by atoms with Crippen molar-refractivity contribution < 1.29 is 27.4 Å². The van der Waals surface area contributed by atoms with Crippen LogP contribution >= 0.6 is 0 Å². The summed E-state index contributed by atoms with van der Waals surface area (Å²) >= 11 is 0. The monoisotopic (exact) mass is 451 g/mol. The van der Waals surface area contributed by atoms with Gasteiger partial charge in [0.05, 0.1) is 5.69 Å². The van der Waals surface area contributed by atoms with Gasteiger partial charge in [-0.1, -0.05) is 45.0 Å². The number of esters is 1. The van der Waals surface area contributed by atoms with E-state index in [4.69, 9.17) is 4.74 Å². The van der Waals surface area contributed by atoms with Gasteiger partial charge in [-0.05, 0) is 29.5 Å². The molecule has 1 atom stereocenters. The molecule has 0 amide bonds. The Morgan fingerprint density at radius 3 is 2.19 bits per heavy atom. The Hall–Kier alpha value is -3.10. The van der Waals surface area contributed by atoms with Gasteiger partial charge in [0.1, 0.15) is 5.69 Å². The number of nitrogens with zero attached hydrogens (tertiary/aromatic N) is 3. The van der Waals surface area contributed by atoms with E-state index in [1.54, 1.807) is 33.3 Å². The van der Waals surface area contributed by atoms with Crippen molar-refractivity contribution in [1.29, 1.82) is 0 Å². The fourth-order valence-corrected chi connectivity index (χ4v) is 3.04. The highest BCUT2D eigenvalue weighted by Crippen LogP contribution is 2.31. The minimum Gasteiger partial charge on any atom is -0.452 e. The topological polar surface area (TPSA) is 65.7 Å². The molecule has 0 saturated carbocycles. The first-order valence-electron chi connectivity index (χ1n) is 9.97. The Labute approximate surface area is 185 Å². The van der Waals surface area contributed by atoms with Crippen molar-refractivity contribution in [3.63, 3.8) is 0 Å². The van der Waals surface area contributed by atoms with Crippen molar-refractivity contribution >= 4 is 23.5 Å². The van der Waals surface area contributed by atoms with Crippen LogP contribution in [0.4, 0.5) is 13.2 Å². The van der Waals surface area contributed by atoms with Gasteiger partial charge in [0.15, 0.2) is 5.76 Å². The average Bonchev–Trinajstić information content (AvgIpc) is 3.01. The van der Waals surface area contributed by atoms with Gasteiger partial charge >= 0.3 is 12.1 Å². The molecule has 0 aliphatic heterocycles. The number of carbonyl (C=O) groups excluding carboxylic acids is 1. The van der Waals surface area contributed by atoms with Crippen LogP contribution in [0.3, 0.4) is 0 Å². The molecule has 0 spiro atoms. The van der Waals surface area contributed by atoms with Crippen LogP contribution in [0.25, 0.3) is 11.3 Å². The van der Waals surface area contributed by atoms with Crippen molar-refractivity contribution in [2.24, 2.45) is 12.0 Å². The summed E-state index contributed by atoms with van der Waals surface area (Å²) in [6, 6.07) is 9.43. The summed E-state index contributed by atoms with van der Waals surface area (Å²) in [5, 5.41) is 4.29. The van der Waals surface area contributed by atoms with Crippen LogP contribution in [0.5, 0.6) is 0 Å². The number of aliphatic imine (C=N–C) groups is 1. The summed E-state index contributed by atoms with van der Waals surface area (Å²) in [7, 11) is 3.25. The summed E-state index contributed by atoms with van der Waals surface area (Å²) in [6.07, 6.45) is -5.09. The highest BCUT2D eigenvalue weighted by molar-refractivity contribution is 6.18. The van der Waals surface area contributed by atoms with Crippen molar-refractivity contribution in [3.05, 3.63) is 52.8 Å². The molecule has 0 aliphatic rings. The molecule has 174 valence electrons. The van der Waals surface area contributed by atoms with E-state index in [1.165, 1.54) is 11.6 Å². The number of hydrogen-bond donors (Lipinski definition) is 0. The zero-order valence-electron chi connectivity index (χ0n) is 19.2.